The Morgan fingerprint density at radius 2 is 2.07 bits per heavy atom. The van der Waals surface area contributed by atoms with Gasteiger partial charge in [0.1, 0.15) is 0 Å². The zero-order chi connectivity index (χ0) is 10.1. The van der Waals surface area contributed by atoms with Gasteiger partial charge in [-0.3, -0.25) is 4.68 Å². The molecule has 1 aliphatic rings. The summed E-state index contributed by atoms with van der Waals surface area (Å²) in [4.78, 5) is 0.574. The van der Waals surface area contributed by atoms with Crippen molar-refractivity contribution in [3.05, 3.63) is 10.3 Å². The van der Waals surface area contributed by atoms with Crippen LogP contribution in [-0.4, -0.2) is 19.8 Å². The molecule has 14 heavy (non-hydrogen) atoms. The third-order valence-electron chi connectivity index (χ3n) is 2.86. The van der Waals surface area contributed by atoms with Gasteiger partial charge >= 0.3 is 0 Å². The number of rotatable bonds is 1. The van der Waals surface area contributed by atoms with Crippen LogP contribution in [0, 0.1) is 0 Å². The van der Waals surface area contributed by atoms with Crippen molar-refractivity contribution >= 4 is 31.9 Å². The molecule has 2 atom stereocenters. The first-order valence-electron chi connectivity index (χ1n) is 4.89. The van der Waals surface area contributed by atoms with E-state index < -0.39 is 0 Å². The third kappa shape index (κ3) is 1.89. The molecular weight excluding hydrogens is 310 g/mol. The van der Waals surface area contributed by atoms with E-state index in [-0.39, 0.29) is 0 Å². The van der Waals surface area contributed by atoms with Crippen LogP contribution in [0.4, 0.5) is 0 Å². The molecule has 0 amide bonds. The van der Waals surface area contributed by atoms with E-state index in [4.69, 9.17) is 0 Å². The Kier molecular flexibility index (Phi) is 3.27. The predicted molar refractivity (Wildman–Crippen MR) is 62.6 cm³/mol. The molecule has 78 valence electrons. The molecule has 0 saturated heterocycles. The number of hydrogen-bond donors (Lipinski definition) is 0. The topological polar surface area (TPSA) is 30.7 Å². The lowest BCUT2D eigenvalue weighted by Gasteiger charge is -2.27. The second-order valence-corrected chi connectivity index (χ2v) is 5.72. The average molecular weight is 323 g/mol. The second kappa shape index (κ2) is 4.31. The van der Waals surface area contributed by atoms with Crippen LogP contribution in [0.25, 0.3) is 0 Å². The van der Waals surface area contributed by atoms with Crippen LogP contribution in [-0.2, 0) is 7.05 Å². The molecule has 5 heteroatoms. The van der Waals surface area contributed by atoms with E-state index in [1.165, 1.54) is 31.4 Å². The third-order valence-corrected chi connectivity index (χ3v) is 4.52. The van der Waals surface area contributed by atoms with Gasteiger partial charge in [-0.1, -0.05) is 34.0 Å². The SMILES string of the molecule is Cn1nnc(Br)c1C1CCCCC1Br. The fourth-order valence-corrected chi connectivity index (χ4v) is 3.59. The van der Waals surface area contributed by atoms with Crippen LogP contribution >= 0.6 is 31.9 Å². The zero-order valence-corrected chi connectivity index (χ0v) is 11.3. The van der Waals surface area contributed by atoms with Gasteiger partial charge in [-0.2, -0.15) is 0 Å². The summed E-state index contributed by atoms with van der Waals surface area (Å²) in [5.74, 6) is 0.554. The molecule has 0 aromatic carbocycles. The summed E-state index contributed by atoms with van der Waals surface area (Å²) in [7, 11) is 1.96. The molecule has 0 radical (unpaired) electrons. The Morgan fingerprint density at radius 3 is 2.64 bits per heavy atom. The van der Waals surface area contributed by atoms with Crippen LogP contribution in [0.1, 0.15) is 37.3 Å². The highest BCUT2D eigenvalue weighted by molar-refractivity contribution is 9.10. The van der Waals surface area contributed by atoms with E-state index in [0.29, 0.717) is 10.7 Å². The van der Waals surface area contributed by atoms with Crippen molar-refractivity contribution in [3.63, 3.8) is 0 Å². The van der Waals surface area contributed by atoms with E-state index >= 15 is 0 Å². The fourth-order valence-electron chi connectivity index (χ4n) is 2.13. The van der Waals surface area contributed by atoms with E-state index in [9.17, 15) is 0 Å². The van der Waals surface area contributed by atoms with E-state index in [1.54, 1.807) is 0 Å². The highest BCUT2D eigenvalue weighted by atomic mass is 79.9. The molecule has 1 heterocycles. The molecular formula is C9H13Br2N3. The Labute approximate surface area is 101 Å². The Hall–Kier alpha value is 0.1000. The maximum Gasteiger partial charge on any atom is 0.151 e. The van der Waals surface area contributed by atoms with Crippen LogP contribution in [0.3, 0.4) is 0 Å². The van der Waals surface area contributed by atoms with Gasteiger partial charge in [-0.05, 0) is 28.8 Å². The predicted octanol–water partition coefficient (Wildman–Crippen LogP) is 3.00. The Balaban J connectivity index is 2.28. The van der Waals surface area contributed by atoms with Gasteiger partial charge in [-0.25, -0.2) is 0 Å². The molecule has 0 spiro atoms. The molecule has 2 rings (SSSR count). The largest absolute Gasteiger partial charge is 0.251 e. The molecule has 2 unspecified atom stereocenters. The Bertz CT molecular complexity index is 304. The summed E-state index contributed by atoms with van der Waals surface area (Å²) in [6.07, 6.45) is 5.12. The zero-order valence-electron chi connectivity index (χ0n) is 8.08. The highest BCUT2D eigenvalue weighted by Crippen LogP contribution is 2.39. The molecule has 1 aromatic rings. The quantitative estimate of drug-likeness (QED) is 0.744. The molecule has 0 aliphatic heterocycles. The van der Waals surface area contributed by atoms with Crippen molar-refractivity contribution in [2.24, 2.45) is 7.05 Å². The van der Waals surface area contributed by atoms with Crippen molar-refractivity contribution in [3.8, 4) is 0 Å². The summed E-state index contributed by atoms with van der Waals surface area (Å²) >= 11 is 7.22. The van der Waals surface area contributed by atoms with Crippen molar-refractivity contribution in [1.29, 1.82) is 0 Å². The monoisotopic (exact) mass is 321 g/mol. The normalized spacial score (nSPS) is 27.9. The van der Waals surface area contributed by atoms with Crippen LogP contribution in [0.2, 0.25) is 0 Å². The van der Waals surface area contributed by atoms with Crippen molar-refractivity contribution in [2.75, 3.05) is 0 Å². The summed E-state index contributed by atoms with van der Waals surface area (Å²) in [5.41, 5.74) is 1.23. The summed E-state index contributed by atoms with van der Waals surface area (Å²) in [5, 5.41) is 8.06. The highest BCUT2D eigenvalue weighted by Gasteiger charge is 2.28. The van der Waals surface area contributed by atoms with E-state index in [0.717, 1.165) is 4.60 Å². The van der Waals surface area contributed by atoms with Gasteiger partial charge in [-0.15, -0.1) is 5.10 Å². The first kappa shape index (κ1) is 10.6. The molecule has 0 N–H and O–H groups in total. The summed E-state index contributed by atoms with van der Waals surface area (Å²) < 4.78 is 2.78. The smallest absolute Gasteiger partial charge is 0.151 e. The number of nitrogens with zero attached hydrogens (tertiary/aromatic N) is 3. The number of aromatic nitrogens is 3. The lowest BCUT2D eigenvalue weighted by atomic mass is 9.87. The van der Waals surface area contributed by atoms with Crippen LogP contribution in [0.5, 0.6) is 0 Å². The molecule has 0 bridgehead atoms. The van der Waals surface area contributed by atoms with Gasteiger partial charge in [0.15, 0.2) is 4.60 Å². The second-order valence-electron chi connectivity index (χ2n) is 3.80. The number of halogens is 2. The van der Waals surface area contributed by atoms with Gasteiger partial charge in [0, 0.05) is 17.8 Å². The average Bonchev–Trinajstić information content (AvgIpc) is 2.48. The minimum atomic E-state index is 0.554. The maximum absolute atomic E-state index is 4.03. The van der Waals surface area contributed by atoms with Crippen LogP contribution < -0.4 is 0 Å². The van der Waals surface area contributed by atoms with Gasteiger partial charge in [0.2, 0.25) is 0 Å². The number of hydrogen-bond acceptors (Lipinski definition) is 2. The maximum atomic E-state index is 4.03. The van der Waals surface area contributed by atoms with Crippen molar-refractivity contribution < 1.29 is 0 Å². The van der Waals surface area contributed by atoms with Gasteiger partial charge < -0.3 is 0 Å². The molecule has 1 aliphatic carbocycles. The minimum absolute atomic E-state index is 0.554. The summed E-state index contributed by atoms with van der Waals surface area (Å²) in [6.45, 7) is 0. The molecule has 1 aromatic heterocycles. The fraction of sp³-hybridized carbons (Fsp3) is 0.778. The van der Waals surface area contributed by atoms with Gasteiger partial charge in [0.25, 0.3) is 0 Å². The summed E-state index contributed by atoms with van der Waals surface area (Å²) in [6, 6.07) is 0. The Morgan fingerprint density at radius 1 is 1.36 bits per heavy atom. The molecule has 3 nitrogen and oxygen atoms in total. The van der Waals surface area contributed by atoms with Crippen molar-refractivity contribution in [2.45, 2.75) is 36.4 Å². The van der Waals surface area contributed by atoms with E-state index in [2.05, 4.69) is 42.2 Å². The number of aryl methyl sites for hydroxylation is 1. The molecule has 1 saturated carbocycles. The van der Waals surface area contributed by atoms with Gasteiger partial charge in [0.05, 0.1) is 5.69 Å². The van der Waals surface area contributed by atoms with Crippen molar-refractivity contribution in [1.82, 2.24) is 15.0 Å². The minimum Gasteiger partial charge on any atom is -0.251 e. The first-order chi connectivity index (χ1) is 6.70. The first-order valence-corrected chi connectivity index (χ1v) is 6.60. The number of alkyl halides is 1. The standard InChI is InChI=1S/C9H13Br2N3/c1-14-8(9(11)12-13-14)6-4-2-3-5-7(6)10/h6-7H,2-5H2,1H3. The van der Waals surface area contributed by atoms with E-state index in [1.807, 2.05) is 11.7 Å². The lowest BCUT2D eigenvalue weighted by molar-refractivity contribution is 0.439. The molecule has 1 fully saturated rings. The lowest BCUT2D eigenvalue weighted by Crippen LogP contribution is -2.20. The van der Waals surface area contributed by atoms with Crippen LogP contribution in [0.15, 0.2) is 4.60 Å².